The molecule has 1 N–H and O–H groups in total. The van der Waals surface area contributed by atoms with Crippen LogP contribution >= 0.6 is 23.5 Å². The summed E-state index contributed by atoms with van der Waals surface area (Å²) in [7, 11) is -10.5. The molecule has 0 spiro atoms. The highest BCUT2D eigenvalue weighted by Gasteiger charge is 2.55. The predicted molar refractivity (Wildman–Crippen MR) is 133 cm³/mol. The minimum atomic E-state index is -2.67. The third-order valence-electron chi connectivity index (χ3n) is 4.48. The minimum Gasteiger partial charge on any atom is -0.481 e. The lowest BCUT2D eigenvalue weighted by molar-refractivity contribution is -0.136. The molecule has 6 nitrogen and oxygen atoms in total. The molecule has 2 unspecified atom stereocenters. The minimum absolute atomic E-state index is 0.162. The Bertz CT molecular complexity index is 558. The van der Waals surface area contributed by atoms with E-state index in [4.69, 9.17) is 21.6 Å². The SMILES string of the molecule is C=C[Si]1(C)O[Si](C)(CCSCC)O[Si](C)(C=C)O[Si](C)(CCSCCC(=O)O)O1. The fourth-order valence-corrected chi connectivity index (χ4v) is 26.9. The third-order valence-corrected chi connectivity index (χ3v) is 24.3. The third kappa shape index (κ3) is 9.58. The second-order valence-corrected chi connectivity index (χ2v) is 23.9. The molecule has 1 aliphatic heterocycles. The van der Waals surface area contributed by atoms with E-state index >= 15 is 0 Å². The van der Waals surface area contributed by atoms with Gasteiger partial charge >= 0.3 is 40.2 Å². The van der Waals surface area contributed by atoms with Gasteiger partial charge in [0.15, 0.2) is 0 Å². The largest absolute Gasteiger partial charge is 0.481 e. The van der Waals surface area contributed by atoms with Gasteiger partial charge in [0.1, 0.15) is 0 Å². The standard InChI is InChI=1S/C17H36O6S2Si4/c1-8-24-13-15-28(6)20-26(4,9-2)22-29(7,23-27(5,10-3)21-28)16-14-25-12-11-17(18)19/h9-10H,2-3,8,11-16H2,1,4-7H3,(H,18,19). The van der Waals surface area contributed by atoms with Gasteiger partial charge in [-0.05, 0) is 55.5 Å². The van der Waals surface area contributed by atoms with Crippen LogP contribution in [0.3, 0.4) is 0 Å². The van der Waals surface area contributed by atoms with E-state index in [9.17, 15) is 4.79 Å². The topological polar surface area (TPSA) is 74.2 Å². The highest BCUT2D eigenvalue weighted by molar-refractivity contribution is 7.99. The van der Waals surface area contributed by atoms with E-state index in [1.807, 2.05) is 36.3 Å². The van der Waals surface area contributed by atoms with Gasteiger partial charge < -0.3 is 21.6 Å². The summed E-state index contributed by atoms with van der Waals surface area (Å²) in [6, 6.07) is 1.61. The van der Waals surface area contributed by atoms with Crippen molar-refractivity contribution in [2.75, 3.05) is 23.0 Å². The lowest BCUT2D eigenvalue weighted by atomic mass is 10.5. The van der Waals surface area contributed by atoms with Gasteiger partial charge in [-0.1, -0.05) is 18.3 Å². The number of hydrogen-bond donors (Lipinski definition) is 1. The molecule has 1 saturated heterocycles. The summed E-state index contributed by atoms with van der Waals surface area (Å²) < 4.78 is 26.7. The van der Waals surface area contributed by atoms with Crippen molar-refractivity contribution < 1.29 is 26.4 Å². The molecule has 168 valence electrons. The Kier molecular flexibility index (Phi) is 11.2. The van der Waals surface area contributed by atoms with Crippen molar-refractivity contribution in [3.05, 3.63) is 24.6 Å². The lowest BCUT2D eigenvalue weighted by Gasteiger charge is -2.48. The van der Waals surface area contributed by atoms with Gasteiger partial charge in [0.25, 0.3) is 0 Å². The summed E-state index contributed by atoms with van der Waals surface area (Å²) in [5.41, 5.74) is 3.66. The molecule has 0 bridgehead atoms. The van der Waals surface area contributed by atoms with Crippen LogP contribution in [0.1, 0.15) is 13.3 Å². The number of aliphatic carboxylic acids is 1. The monoisotopic (exact) mass is 512 g/mol. The Morgan fingerprint density at radius 3 is 1.62 bits per heavy atom. The van der Waals surface area contributed by atoms with Crippen molar-refractivity contribution >= 4 is 63.7 Å². The normalized spacial score (nSPS) is 35.5. The quantitative estimate of drug-likeness (QED) is 0.296. The van der Waals surface area contributed by atoms with Gasteiger partial charge in [-0.25, -0.2) is 0 Å². The van der Waals surface area contributed by atoms with Gasteiger partial charge in [0.05, 0.1) is 6.42 Å². The van der Waals surface area contributed by atoms with Crippen LogP contribution in [0.15, 0.2) is 24.6 Å². The molecule has 0 aliphatic carbocycles. The van der Waals surface area contributed by atoms with Crippen LogP contribution in [0.4, 0.5) is 0 Å². The molecule has 2 atom stereocenters. The van der Waals surface area contributed by atoms with Crippen molar-refractivity contribution in [1.82, 2.24) is 0 Å². The van der Waals surface area contributed by atoms with E-state index in [0.29, 0.717) is 5.75 Å². The number of hydrogen-bond acceptors (Lipinski definition) is 7. The van der Waals surface area contributed by atoms with Crippen LogP contribution in [0, 0.1) is 0 Å². The van der Waals surface area contributed by atoms with E-state index in [1.54, 1.807) is 11.8 Å². The van der Waals surface area contributed by atoms with Crippen LogP contribution in [0.25, 0.3) is 0 Å². The maximum atomic E-state index is 10.7. The van der Waals surface area contributed by atoms with E-state index < -0.39 is 40.2 Å². The van der Waals surface area contributed by atoms with Gasteiger partial charge in [-0.3, -0.25) is 4.79 Å². The molecule has 12 heteroatoms. The van der Waals surface area contributed by atoms with Gasteiger partial charge in [-0.15, -0.1) is 13.2 Å². The number of carboxylic acid groups (broad SMARTS) is 1. The molecule has 0 radical (unpaired) electrons. The smallest absolute Gasteiger partial charge is 0.343 e. The van der Waals surface area contributed by atoms with Crippen LogP contribution in [-0.2, 0) is 21.3 Å². The van der Waals surface area contributed by atoms with Crippen molar-refractivity contribution in [2.24, 2.45) is 0 Å². The lowest BCUT2D eigenvalue weighted by Crippen LogP contribution is -2.66. The van der Waals surface area contributed by atoms with Gasteiger partial charge in [0.2, 0.25) is 0 Å². The summed E-state index contributed by atoms with van der Waals surface area (Å²) >= 11 is 3.49. The Balaban J connectivity index is 2.99. The molecule has 0 aromatic rings. The Morgan fingerprint density at radius 2 is 1.28 bits per heavy atom. The molecular weight excluding hydrogens is 477 g/mol. The first-order chi connectivity index (χ1) is 13.4. The van der Waals surface area contributed by atoms with E-state index in [2.05, 4.69) is 33.2 Å². The van der Waals surface area contributed by atoms with E-state index in [1.165, 1.54) is 0 Å². The first kappa shape index (κ1) is 27.4. The summed E-state index contributed by atoms with van der Waals surface area (Å²) in [5, 5.41) is 8.81. The number of rotatable bonds is 12. The zero-order valence-electron chi connectivity index (χ0n) is 18.3. The predicted octanol–water partition coefficient (Wildman–Crippen LogP) is 4.77. The molecule has 0 saturated carbocycles. The van der Waals surface area contributed by atoms with E-state index in [0.717, 1.165) is 29.3 Å². The number of thioether (sulfide) groups is 2. The molecule has 0 aromatic carbocycles. The highest BCUT2D eigenvalue weighted by atomic mass is 32.2. The molecule has 1 aliphatic rings. The fourth-order valence-electron chi connectivity index (χ4n) is 3.09. The first-order valence-corrected chi connectivity index (χ1v) is 22.0. The van der Waals surface area contributed by atoms with E-state index in [-0.39, 0.29) is 6.42 Å². The number of carbonyl (C=O) groups is 1. The second-order valence-electron chi connectivity index (χ2n) is 7.57. The maximum Gasteiger partial charge on any atom is 0.343 e. The van der Waals surface area contributed by atoms with Gasteiger partial charge in [-0.2, -0.15) is 23.5 Å². The Hall–Kier alpha value is 0.358. The van der Waals surface area contributed by atoms with Crippen molar-refractivity contribution in [1.29, 1.82) is 0 Å². The van der Waals surface area contributed by atoms with Crippen molar-refractivity contribution in [3.63, 3.8) is 0 Å². The number of carboxylic acids is 1. The van der Waals surface area contributed by atoms with Gasteiger partial charge in [0, 0.05) is 5.75 Å². The average Bonchev–Trinajstić information content (AvgIpc) is 2.59. The first-order valence-electron chi connectivity index (χ1n) is 9.88. The average molecular weight is 513 g/mol. The molecule has 1 fully saturated rings. The van der Waals surface area contributed by atoms with Crippen LogP contribution < -0.4 is 0 Å². The molecule has 0 amide bonds. The summed E-state index contributed by atoms with van der Waals surface area (Å²) in [6.45, 7) is 18.4. The fraction of sp³-hybridized carbons (Fsp3) is 0.706. The molecule has 29 heavy (non-hydrogen) atoms. The summed E-state index contributed by atoms with van der Waals surface area (Å²) in [5.74, 6) is 2.64. The molecule has 1 rings (SSSR count). The zero-order chi connectivity index (χ0) is 22.2. The summed E-state index contributed by atoms with van der Waals surface area (Å²) in [6.07, 6.45) is 0.162. The second kappa shape index (κ2) is 11.8. The van der Waals surface area contributed by atoms with Crippen molar-refractivity contribution in [2.45, 2.75) is 51.6 Å². The highest BCUT2D eigenvalue weighted by Crippen LogP contribution is 2.35. The van der Waals surface area contributed by atoms with Crippen LogP contribution in [-0.4, -0.2) is 68.3 Å². The van der Waals surface area contributed by atoms with Crippen LogP contribution in [0.5, 0.6) is 0 Å². The maximum absolute atomic E-state index is 10.7. The Labute approximate surface area is 188 Å². The molecular formula is C17H36O6S2Si4. The van der Waals surface area contributed by atoms with Crippen molar-refractivity contribution in [3.8, 4) is 0 Å². The molecule has 0 aromatic heterocycles. The summed E-state index contributed by atoms with van der Waals surface area (Å²) in [4.78, 5) is 10.7. The van der Waals surface area contributed by atoms with Crippen LogP contribution in [0.2, 0.25) is 38.3 Å². The Morgan fingerprint density at radius 1 is 0.862 bits per heavy atom. The molecule has 1 heterocycles. The zero-order valence-corrected chi connectivity index (χ0v) is 24.0.